The number of aliphatic hydroxyl groups excluding tert-OH is 1. The summed E-state index contributed by atoms with van der Waals surface area (Å²) in [7, 11) is 0. The van der Waals surface area contributed by atoms with Crippen LogP contribution in [-0.2, 0) is 6.54 Å². The number of β-amino-alcohol motifs (C(OH)–C–C–N with tert-alkyl or cyclic N) is 1. The summed E-state index contributed by atoms with van der Waals surface area (Å²) in [5.41, 5.74) is 7.85. The lowest BCUT2D eigenvalue weighted by molar-refractivity contribution is 0.129. The van der Waals surface area contributed by atoms with Crippen LogP contribution in [0.25, 0.3) is 0 Å². The third kappa shape index (κ3) is 4.18. The van der Waals surface area contributed by atoms with Crippen LogP contribution >= 0.6 is 0 Å². The number of aryl methyl sites for hydroxylation is 1. The van der Waals surface area contributed by atoms with Crippen molar-refractivity contribution < 1.29 is 5.11 Å². The molecule has 0 spiro atoms. The van der Waals surface area contributed by atoms with Gasteiger partial charge in [0.1, 0.15) is 5.82 Å². The average molecular weight is 313 g/mol. The van der Waals surface area contributed by atoms with Gasteiger partial charge < -0.3 is 15.7 Å². The molecule has 1 fully saturated rings. The minimum absolute atomic E-state index is 0.278. The van der Waals surface area contributed by atoms with Gasteiger partial charge in [-0.25, -0.2) is 4.98 Å². The van der Waals surface area contributed by atoms with Crippen LogP contribution in [0.4, 0.5) is 11.8 Å². The SMILES string of the molecule is Cc1cc(N2CCN(Cc3ccccc3)C[C@H](O)C2)nc(N)n1. The van der Waals surface area contributed by atoms with Gasteiger partial charge in [-0.3, -0.25) is 4.90 Å². The molecule has 122 valence electrons. The Morgan fingerprint density at radius 1 is 1.17 bits per heavy atom. The van der Waals surface area contributed by atoms with Gasteiger partial charge in [-0.05, 0) is 12.5 Å². The maximum Gasteiger partial charge on any atom is 0.222 e. The molecular formula is C17H23N5O. The van der Waals surface area contributed by atoms with Crippen LogP contribution in [0, 0.1) is 6.92 Å². The predicted molar refractivity (Wildman–Crippen MR) is 91.1 cm³/mol. The molecule has 0 saturated carbocycles. The summed E-state index contributed by atoms with van der Waals surface area (Å²) in [5, 5.41) is 10.3. The van der Waals surface area contributed by atoms with Crippen LogP contribution < -0.4 is 10.6 Å². The minimum atomic E-state index is -0.419. The summed E-state index contributed by atoms with van der Waals surface area (Å²) in [4.78, 5) is 12.8. The van der Waals surface area contributed by atoms with E-state index in [4.69, 9.17) is 5.73 Å². The highest BCUT2D eigenvalue weighted by Gasteiger charge is 2.22. The van der Waals surface area contributed by atoms with E-state index in [0.717, 1.165) is 31.1 Å². The molecule has 0 unspecified atom stereocenters. The van der Waals surface area contributed by atoms with Crippen molar-refractivity contribution in [3.05, 3.63) is 47.7 Å². The van der Waals surface area contributed by atoms with Crippen molar-refractivity contribution in [1.82, 2.24) is 14.9 Å². The van der Waals surface area contributed by atoms with Crippen LogP contribution in [0.1, 0.15) is 11.3 Å². The Bertz CT molecular complexity index is 628. The van der Waals surface area contributed by atoms with Crippen LogP contribution in [0.15, 0.2) is 36.4 Å². The van der Waals surface area contributed by atoms with Crippen molar-refractivity contribution in [2.45, 2.75) is 19.6 Å². The number of rotatable bonds is 3. The first-order valence-corrected chi connectivity index (χ1v) is 7.90. The van der Waals surface area contributed by atoms with E-state index in [9.17, 15) is 5.11 Å². The molecule has 0 bridgehead atoms. The van der Waals surface area contributed by atoms with E-state index < -0.39 is 6.10 Å². The van der Waals surface area contributed by atoms with E-state index in [1.807, 2.05) is 31.2 Å². The third-order valence-electron chi connectivity index (χ3n) is 4.02. The zero-order valence-corrected chi connectivity index (χ0v) is 13.4. The summed E-state index contributed by atoms with van der Waals surface area (Å²) in [6.07, 6.45) is -0.419. The van der Waals surface area contributed by atoms with Crippen molar-refractivity contribution >= 4 is 11.8 Å². The number of nitrogens with two attached hydrogens (primary N) is 1. The molecule has 6 heteroatoms. The van der Waals surface area contributed by atoms with Crippen molar-refractivity contribution in [2.24, 2.45) is 0 Å². The quantitative estimate of drug-likeness (QED) is 0.882. The maximum absolute atomic E-state index is 10.3. The van der Waals surface area contributed by atoms with Crippen molar-refractivity contribution in [3.63, 3.8) is 0 Å². The highest BCUT2D eigenvalue weighted by molar-refractivity contribution is 5.43. The molecule has 0 aliphatic carbocycles. The molecular weight excluding hydrogens is 290 g/mol. The number of benzene rings is 1. The number of aliphatic hydroxyl groups is 1. The van der Waals surface area contributed by atoms with Crippen LogP contribution in [-0.4, -0.2) is 52.3 Å². The Balaban J connectivity index is 1.70. The lowest BCUT2D eigenvalue weighted by Crippen LogP contribution is -2.33. The number of nitrogens with zero attached hydrogens (tertiary/aromatic N) is 4. The summed E-state index contributed by atoms with van der Waals surface area (Å²) in [6.45, 7) is 5.63. The molecule has 1 aliphatic heterocycles. The van der Waals surface area contributed by atoms with Gasteiger partial charge in [0, 0.05) is 44.5 Å². The van der Waals surface area contributed by atoms with Crippen LogP contribution in [0.3, 0.4) is 0 Å². The Morgan fingerprint density at radius 2 is 1.96 bits per heavy atom. The Labute approximate surface area is 136 Å². The number of nitrogen functional groups attached to an aromatic ring is 1. The number of aromatic nitrogens is 2. The number of anilines is 2. The van der Waals surface area contributed by atoms with Gasteiger partial charge in [0.15, 0.2) is 0 Å². The second-order valence-corrected chi connectivity index (χ2v) is 6.05. The maximum atomic E-state index is 10.3. The zero-order valence-electron chi connectivity index (χ0n) is 13.4. The highest BCUT2D eigenvalue weighted by Crippen LogP contribution is 2.17. The predicted octanol–water partition coefficient (Wildman–Crippen LogP) is 1.05. The van der Waals surface area contributed by atoms with Gasteiger partial charge in [-0.15, -0.1) is 0 Å². The molecule has 6 nitrogen and oxygen atoms in total. The second kappa shape index (κ2) is 6.93. The van der Waals surface area contributed by atoms with E-state index in [0.29, 0.717) is 13.1 Å². The van der Waals surface area contributed by atoms with Gasteiger partial charge >= 0.3 is 0 Å². The van der Waals surface area contributed by atoms with Gasteiger partial charge in [-0.2, -0.15) is 4.98 Å². The molecule has 1 atom stereocenters. The fourth-order valence-electron chi connectivity index (χ4n) is 2.98. The summed E-state index contributed by atoms with van der Waals surface area (Å²) >= 11 is 0. The van der Waals surface area contributed by atoms with Crippen molar-refractivity contribution in [1.29, 1.82) is 0 Å². The topological polar surface area (TPSA) is 78.5 Å². The molecule has 1 aliphatic rings. The second-order valence-electron chi connectivity index (χ2n) is 6.05. The molecule has 23 heavy (non-hydrogen) atoms. The van der Waals surface area contributed by atoms with E-state index >= 15 is 0 Å². The lowest BCUT2D eigenvalue weighted by Gasteiger charge is -2.23. The smallest absolute Gasteiger partial charge is 0.222 e. The molecule has 0 amide bonds. The highest BCUT2D eigenvalue weighted by atomic mass is 16.3. The molecule has 2 heterocycles. The van der Waals surface area contributed by atoms with Gasteiger partial charge in [0.25, 0.3) is 0 Å². The van der Waals surface area contributed by atoms with Crippen LogP contribution in [0.2, 0.25) is 0 Å². The Hall–Kier alpha value is -2.18. The van der Waals surface area contributed by atoms with Crippen molar-refractivity contribution in [3.8, 4) is 0 Å². The van der Waals surface area contributed by atoms with E-state index in [2.05, 4.69) is 31.9 Å². The molecule has 0 radical (unpaired) electrons. The molecule has 1 aromatic carbocycles. The fraction of sp³-hybridized carbons (Fsp3) is 0.412. The minimum Gasteiger partial charge on any atom is -0.390 e. The van der Waals surface area contributed by atoms with Crippen LogP contribution in [0.5, 0.6) is 0 Å². The first-order chi connectivity index (χ1) is 11.1. The number of hydrogen-bond donors (Lipinski definition) is 2. The summed E-state index contributed by atoms with van der Waals surface area (Å²) < 4.78 is 0. The van der Waals surface area contributed by atoms with Crippen molar-refractivity contribution in [2.75, 3.05) is 36.8 Å². The van der Waals surface area contributed by atoms with Gasteiger partial charge in [0.2, 0.25) is 5.95 Å². The normalized spacial score (nSPS) is 19.6. The Morgan fingerprint density at radius 3 is 2.70 bits per heavy atom. The zero-order chi connectivity index (χ0) is 16.2. The summed E-state index contributed by atoms with van der Waals surface area (Å²) in [5.74, 6) is 1.07. The molecule has 3 rings (SSSR count). The summed E-state index contributed by atoms with van der Waals surface area (Å²) in [6, 6.07) is 12.2. The fourth-order valence-corrected chi connectivity index (χ4v) is 2.98. The monoisotopic (exact) mass is 313 g/mol. The van der Waals surface area contributed by atoms with E-state index in [-0.39, 0.29) is 5.95 Å². The Kier molecular flexibility index (Phi) is 4.73. The van der Waals surface area contributed by atoms with Gasteiger partial charge in [-0.1, -0.05) is 30.3 Å². The molecule has 1 saturated heterocycles. The van der Waals surface area contributed by atoms with E-state index in [1.165, 1.54) is 5.56 Å². The average Bonchev–Trinajstić information content (AvgIpc) is 2.69. The number of hydrogen-bond acceptors (Lipinski definition) is 6. The molecule has 3 N–H and O–H groups in total. The molecule has 1 aromatic heterocycles. The lowest BCUT2D eigenvalue weighted by atomic mass is 10.2. The standard InChI is InChI=1S/C17H23N5O/c1-13-9-16(20-17(18)19-13)22-8-7-21(11-15(23)12-22)10-14-5-3-2-4-6-14/h2-6,9,15,23H,7-8,10-12H2,1H3,(H2,18,19,20)/t15-/m0/s1. The third-order valence-corrected chi connectivity index (χ3v) is 4.02. The molecule has 2 aromatic rings. The van der Waals surface area contributed by atoms with E-state index in [1.54, 1.807) is 0 Å². The van der Waals surface area contributed by atoms with Gasteiger partial charge in [0.05, 0.1) is 6.10 Å². The first-order valence-electron chi connectivity index (χ1n) is 7.90. The first kappa shape index (κ1) is 15.7. The largest absolute Gasteiger partial charge is 0.390 e.